The third kappa shape index (κ3) is 2.04. The summed E-state index contributed by atoms with van der Waals surface area (Å²) in [6, 6.07) is 3.48. The molecule has 0 saturated carbocycles. The second-order valence-corrected chi connectivity index (χ2v) is 5.28. The van der Waals surface area contributed by atoms with Crippen LogP contribution in [-0.2, 0) is 4.79 Å². The van der Waals surface area contributed by atoms with Crippen molar-refractivity contribution in [2.75, 3.05) is 5.32 Å². The van der Waals surface area contributed by atoms with E-state index >= 15 is 0 Å². The van der Waals surface area contributed by atoms with Crippen molar-refractivity contribution in [3.8, 4) is 5.75 Å². The zero-order valence-electron chi connectivity index (χ0n) is 9.64. The number of amides is 1. The van der Waals surface area contributed by atoms with E-state index in [1.807, 2.05) is 13.8 Å². The van der Waals surface area contributed by atoms with Crippen LogP contribution in [0.2, 0.25) is 5.02 Å². The fourth-order valence-corrected chi connectivity index (χ4v) is 2.42. The molecule has 5 heteroatoms. The van der Waals surface area contributed by atoms with Crippen LogP contribution < -0.4 is 10.1 Å². The van der Waals surface area contributed by atoms with E-state index in [0.717, 1.165) is 4.47 Å². The molecule has 0 aliphatic carbocycles. The van der Waals surface area contributed by atoms with Crippen molar-refractivity contribution in [2.24, 2.45) is 0 Å². The van der Waals surface area contributed by atoms with Gasteiger partial charge in [-0.1, -0.05) is 25.4 Å². The first-order chi connectivity index (χ1) is 8.02. The van der Waals surface area contributed by atoms with Crippen LogP contribution in [0.5, 0.6) is 5.75 Å². The monoisotopic (exact) mass is 317 g/mol. The summed E-state index contributed by atoms with van der Waals surface area (Å²) in [5.41, 5.74) is -0.117. The van der Waals surface area contributed by atoms with Crippen molar-refractivity contribution in [1.82, 2.24) is 0 Å². The van der Waals surface area contributed by atoms with Crippen molar-refractivity contribution >= 4 is 39.1 Å². The zero-order chi connectivity index (χ0) is 12.6. The lowest BCUT2D eigenvalue weighted by Gasteiger charge is -2.36. The molecule has 1 N–H and O–H groups in total. The van der Waals surface area contributed by atoms with Gasteiger partial charge in [-0.05, 0) is 34.8 Å². The minimum Gasteiger partial charge on any atom is -0.475 e. The number of hydrogen-bond acceptors (Lipinski definition) is 2. The molecule has 3 nitrogen and oxygen atoms in total. The molecule has 0 saturated heterocycles. The number of anilines is 1. The van der Waals surface area contributed by atoms with Gasteiger partial charge >= 0.3 is 0 Å². The number of fused-ring (bicyclic) bond motifs is 1. The molecule has 1 aromatic carbocycles. The quantitative estimate of drug-likeness (QED) is 0.895. The highest BCUT2D eigenvalue weighted by molar-refractivity contribution is 9.10. The molecule has 1 aliphatic heterocycles. The molecule has 0 unspecified atom stereocenters. The van der Waals surface area contributed by atoms with Gasteiger partial charge in [-0.15, -0.1) is 0 Å². The van der Waals surface area contributed by atoms with Gasteiger partial charge < -0.3 is 10.1 Å². The van der Waals surface area contributed by atoms with E-state index in [2.05, 4.69) is 21.2 Å². The van der Waals surface area contributed by atoms with E-state index < -0.39 is 5.60 Å². The van der Waals surface area contributed by atoms with E-state index in [-0.39, 0.29) is 5.91 Å². The van der Waals surface area contributed by atoms with Gasteiger partial charge in [0.15, 0.2) is 5.60 Å². The zero-order valence-corrected chi connectivity index (χ0v) is 12.0. The summed E-state index contributed by atoms with van der Waals surface area (Å²) in [7, 11) is 0. The highest BCUT2D eigenvalue weighted by Gasteiger charge is 2.41. The average molecular weight is 319 g/mol. The Bertz CT molecular complexity index is 472. The molecule has 1 amide bonds. The van der Waals surface area contributed by atoms with Gasteiger partial charge in [-0.3, -0.25) is 4.79 Å². The molecule has 0 radical (unpaired) electrons. The van der Waals surface area contributed by atoms with Crippen LogP contribution in [0.15, 0.2) is 16.6 Å². The molecule has 17 heavy (non-hydrogen) atoms. The van der Waals surface area contributed by atoms with E-state index in [9.17, 15) is 4.79 Å². The minimum atomic E-state index is -0.774. The topological polar surface area (TPSA) is 38.3 Å². The summed E-state index contributed by atoms with van der Waals surface area (Å²) in [5.74, 6) is 0.533. The summed E-state index contributed by atoms with van der Waals surface area (Å²) >= 11 is 9.34. The summed E-state index contributed by atoms with van der Waals surface area (Å²) in [6.07, 6.45) is 1.25. The van der Waals surface area contributed by atoms with Crippen molar-refractivity contribution in [3.05, 3.63) is 21.6 Å². The van der Waals surface area contributed by atoms with Crippen molar-refractivity contribution in [3.63, 3.8) is 0 Å². The Morgan fingerprint density at radius 1 is 1.41 bits per heavy atom. The highest BCUT2D eigenvalue weighted by Crippen LogP contribution is 2.41. The predicted molar refractivity (Wildman–Crippen MR) is 71.7 cm³/mol. The van der Waals surface area contributed by atoms with Gasteiger partial charge in [0.2, 0.25) is 0 Å². The summed E-state index contributed by atoms with van der Waals surface area (Å²) in [6.45, 7) is 3.88. The number of rotatable bonds is 2. The van der Waals surface area contributed by atoms with Crippen LogP contribution in [0.1, 0.15) is 26.7 Å². The lowest BCUT2D eigenvalue weighted by Crippen LogP contribution is -2.49. The largest absolute Gasteiger partial charge is 0.475 e. The third-order valence-electron chi connectivity index (χ3n) is 3.13. The van der Waals surface area contributed by atoms with E-state index in [1.165, 1.54) is 0 Å². The highest BCUT2D eigenvalue weighted by atomic mass is 79.9. The normalized spacial score (nSPS) is 17.1. The van der Waals surface area contributed by atoms with Gasteiger partial charge in [-0.2, -0.15) is 0 Å². The van der Waals surface area contributed by atoms with Crippen molar-refractivity contribution < 1.29 is 9.53 Å². The van der Waals surface area contributed by atoms with Crippen LogP contribution in [0, 0.1) is 0 Å². The van der Waals surface area contributed by atoms with Crippen LogP contribution in [-0.4, -0.2) is 11.5 Å². The van der Waals surface area contributed by atoms with Gasteiger partial charge in [0.05, 0.1) is 10.7 Å². The Morgan fingerprint density at radius 2 is 2.06 bits per heavy atom. The van der Waals surface area contributed by atoms with Gasteiger partial charge in [-0.25, -0.2) is 0 Å². The third-order valence-corrected chi connectivity index (χ3v) is 4.33. The molecular weight excluding hydrogens is 305 g/mol. The lowest BCUT2D eigenvalue weighted by molar-refractivity contribution is -0.133. The first kappa shape index (κ1) is 12.7. The molecule has 1 heterocycles. The standard InChI is InChI=1S/C12H13BrClNO2/c1-3-12(4-2)11(16)15-9-5-7(13)8(14)6-10(9)17-12/h5-6H,3-4H2,1-2H3,(H,15,16). The summed E-state index contributed by atoms with van der Waals surface area (Å²) in [5, 5.41) is 3.44. The number of halogens is 2. The predicted octanol–water partition coefficient (Wildman–Crippen LogP) is 3.99. The maximum Gasteiger partial charge on any atom is 0.268 e. The molecule has 0 bridgehead atoms. The number of benzene rings is 1. The van der Waals surface area contributed by atoms with Crippen LogP contribution in [0.4, 0.5) is 5.69 Å². The fourth-order valence-electron chi connectivity index (χ4n) is 1.92. The summed E-state index contributed by atoms with van der Waals surface area (Å²) in [4.78, 5) is 12.1. The van der Waals surface area contributed by atoms with E-state index in [4.69, 9.17) is 16.3 Å². The number of nitrogens with one attached hydrogen (secondary N) is 1. The molecule has 2 rings (SSSR count). The lowest BCUT2D eigenvalue weighted by atomic mass is 9.94. The minimum absolute atomic E-state index is 0.0933. The molecule has 92 valence electrons. The molecule has 0 atom stereocenters. The van der Waals surface area contributed by atoms with Crippen LogP contribution in [0.25, 0.3) is 0 Å². The second-order valence-electron chi connectivity index (χ2n) is 4.02. The van der Waals surface area contributed by atoms with Gasteiger partial charge in [0, 0.05) is 10.5 Å². The Morgan fingerprint density at radius 3 is 2.65 bits per heavy atom. The smallest absolute Gasteiger partial charge is 0.268 e. The fraction of sp³-hybridized carbons (Fsp3) is 0.417. The van der Waals surface area contributed by atoms with Crippen LogP contribution in [0.3, 0.4) is 0 Å². The molecule has 1 aliphatic rings. The molecule has 1 aromatic rings. The maximum absolute atomic E-state index is 12.1. The Kier molecular flexibility index (Phi) is 3.36. The number of carbonyl (C=O) groups excluding carboxylic acids is 1. The first-order valence-corrected chi connectivity index (χ1v) is 6.69. The summed E-state index contributed by atoms with van der Waals surface area (Å²) < 4.78 is 6.59. The average Bonchev–Trinajstić information content (AvgIpc) is 2.31. The van der Waals surface area contributed by atoms with Gasteiger partial charge in [0.25, 0.3) is 5.91 Å². The number of carbonyl (C=O) groups is 1. The Labute approximate surface area is 114 Å². The molecule has 0 fully saturated rings. The number of hydrogen-bond donors (Lipinski definition) is 1. The maximum atomic E-state index is 12.1. The van der Waals surface area contributed by atoms with Gasteiger partial charge in [0.1, 0.15) is 5.75 Å². The number of ether oxygens (including phenoxy) is 1. The van der Waals surface area contributed by atoms with E-state index in [1.54, 1.807) is 12.1 Å². The van der Waals surface area contributed by atoms with E-state index in [0.29, 0.717) is 29.3 Å². The second kappa shape index (κ2) is 4.50. The molecule has 0 aromatic heterocycles. The first-order valence-electron chi connectivity index (χ1n) is 5.52. The van der Waals surface area contributed by atoms with Crippen LogP contribution >= 0.6 is 27.5 Å². The SMILES string of the molecule is CCC1(CC)Oc2cc(Cl)c(Br)cc2NC1=O. The van der Waals surface area contributed by atoms with Crippen molar-refractivity contribution in [2.45, 2.75) is 32.3 Å². The Hall–Kier alpha value is -0.740. The Balaban J connectivity index is 2.47. The van der Waals surface area contributed by atoms with Crippen molar-refractivity contribution in [1.29, 1.82) is 0 Å². The molecular formula is C12H13BrClNO2. The molecule has 0 spiro atoms.